The Morgan fingerprint density at radius 3 is 2.50 bits per heavy atom. The Morgan fingerprint density at radius 1 is 1.13 bits per heavy atom. The Hall–Kier alpha value is -3.53. The van der Waals surface area contributed by atoms with Crippen molar-refractivity contribution in [3.8, 4) is 5.75 Å². The second-order valence-corrected chi connectivity index (χ2v) is 11.5. The first-order chi connectivity index (χ1) is 18.2. The monoisotopic (exact) mass is 535 g/mol. The SMILES string of the molecule is C[C@@H]1CN([C@@H](C)CO)S(=O)(=O)c2ccc(/C=C/c3ccccc3)cc2O[C@@H]1CN(C)C(=O)c1ccncc1. The van der Waals surface area contributed by atoms with Gasteiger partial charge in [0.2, 0.25) is 10.0 Å². The average molecular weight is 536 g/mol. The Labute approximate surface area is 224 Å². The van der Waals surface area contributed by atoms with Crippen LogP contribution in [0.1, 0.15) is 35.3 Å². The fraction of sp³-hybridized carbons (Fsp3) is 0.310. The highest BCUT2D eigenvalue weighted by Crippen LogP contribution is 2.34. The Bertz CT molecular complexity index is 1380. The molecule has 0 bridgehead atoms. The molecule has 0 spiro atoms. The molecule has 0 fully saturated rings. The van der Waals surface area contributed by atoms with Gasteiger partial charge in [0.15, 0.2) is 0 Å². The van der Waals surface area contributed by atoms with Gasteiger partial charge in [-0.1, -0.05) is 55.5 Å². The van der Waals surface area contributed by atoms with E-state index in [1.165, 1.54) is 4.31 Å². The number of hydrogen-bond donors (Lipinski definition) is 1. The molecule has 1 aliphatic rings. The molecular formula is C29H33N3O5S. The van der Waals surface area contributed by atoms with E-state index in [1.54, 1.807) is 61.6 Å². The lowest BCUT2D eigenvalue weighted by Gasteiger charge is -2.37. The molecule has 1 aromatic heterocycles. The largest absolute Gasteiger partial charge is 0.487 e. The van der Waals surface area contributed by atoms with Gasteiger partial charge in [-0.2, -0.15) is 4.31 Å². The van der Waals surface area contributed by atoms with E-state index in [0.29, 0.717) is 5.56 Å². The quantitative estimate of drug-likeness (QED) is 0.462. The van der Waals surface area contributed by atoms with Crippen LogP contribution in [0.5, 0.6) is 5.75 Å². The van der Waals surface area contributed by atoms with Crippen LogP contribution in [-0.4, -0.2) is 72.5 Å². The number of aliphatic hydroxyl groups excluding tert-OH is 1. The molecule has 8 nitrogen and oxygen atoms in total. The molecule has 3 aromatic rings. The van der Waals surface area contributed by atoms with Gasteiger partial charge >= 0.3 is 0 Å². The van der Waals surface area contributed by atoms with Crippen LogP contribution in [0, 0.1) is 5.92 Å². The van der Waals surface area contributed by atoms with Crippen molar-refractivity contribution in [3.63, 3.8) is 0 Å². The highest BCUT2D eigenvalue weighted by atomic mass is 32.2. The van der Waals surface area contributed by atoms with Crippen molar-refractivity contribution in [2.45, 2.75) is 30.9 Å². The third kappa shape index (κ3) is 6.12. The minimum Gasteiger partial charge on any atom is -0.487 e. The number of nitrogens with zero attached hydrogens (tertiary/aromatic N) is 3. The number of aliphatic hydroxyl groups is 1. The molecule has 38 heavy (non-hydrogen) atoms. The predicted octanol–water partition coefficient (Wildman–Crippen LogP) is 3.79. The second kappa shape index (κ2) is 11.9. The molecule has 3 atom stereocenters. The maximum atomic E-state index is 13.7. The summed E-state index contributed by atoms with van der Waals surface area (Å²) in [5, 5.41) is 9.84. The Kier molecular flexibility index (Phi) is 8.61. The summed E-state index contributed by atoms with van der Waals surface area (Å²) in [6, 6.07) is 17.5. The molecule has 2 aromatic carbocycles. The molecule has 200 valence electrons. The summed E-state index contributed by atoms with van der Waals surface area (Å²) < 4.78 is 35.1. The number of amides is 1. The fourth-order valence-corrected chi connectivity index (χ4v) is 6.21. The van der Waals surface area contributed by atoms with Gasteiger partial charge in [0.25, 0.3) is 5.91 Å². The normalized spacial score (nSPS) is 20.1. The van der Waals surface area contributed by atoms with Crippen molar-refractivity contribution in [3.05, 3.63) is 89.7 Å². The van der Waals surface area contributed by atoms with Gasteiger partial charge in [0.1, 0.15) is 16.7 Å². The van der Waals surface area contributed by atoms with E-state index in [0.717, 1.165) is 11.1 Å². The van der Waals surface area contributed by atoms with Crippen LogP contribution in [0.2, 0.25) is 0 Å². The molecule has 0 saturated carbocycles. The summed E-state index contributed by atoms with van der Waals surface area (Å²) >= 11 is 0. The number of fused-ring (bicyclic) bond motifs is 1. The van der Waals surface area contributed by atoms with Crippen molar-refractivity contribution in [1.29, 1.82) is 0 Å². The van der Waals surface area contributed by atoms with Gasteiger partial charge in [-0.05, 0) is 42.3 Å². The number of hydrogen-bond acceptors (Lipinski definition) is 6. The highest BCUT2D eigenvalue weighted by Gasteiger charge is 2.38. The smallest absolute Gasteiger partial charge is 0.253 e. The summed E-state index contributed by atoms with van der Waals surface area (Å²) in [5.41, 5.74) is 2.30. The van der Waals surface area contributed by atoms with Crippen molar-refractivity contribution in [2.75, 3.05) is 26.7 Å². The molecular weight excluding hydrogens is 502 g/mol. The van der Waals surface area contributed by atoms with Gasteiger partial charge in [0.05, 0.1) is 13.2 Å². The molecule has 0 radical (unpaired) electrons. The van der Waals surface area contributed by atoms with Gasteiger partial charge < -0.3 is 14.7 Å². The Balaban J connectivity index is 1.70. The average Bonchev–Trinajstić information content (AvgIpc) is 2.93. The summed E-state index contributed by atoms with van der Waals surface area (Å²) in [4.78, 5) is 18.6. The summed E-state index contributed by atoms with van der Waals surface area (Å²) in [6.07, 6.45) is 6.48. The van der Waals surface area contributed by atoms with Crippen molar-refractivity contribution in [2.24, 2.45) is 5.92 Å². The molecule has 0 aliphatic carbocycles. The van der Waals surface area contributed by atoms with Crippen molar-refractivity contribution >= 4 is 28.1 Å². The zero-order valence-corrected chi connectivity index (χ0v) is 22.6. The second-order valence-electron chi connectivity index (χ2n) is 9.61. The standard InChI is InChI=1S/C29H33N3O5S/c1-21-18-32(22(2)20-33)38(35,36)28-12-11-24(10-9-23-7-5-4-6-8-23)17-26(28)37-27(21)19-31(3)29(34)25-13-15-30-16-14-25/h4-17,21-22,27,33H,18-20H2,1-3H3/b10-9+/t21-,22+,27-/m1/s1. The first kappa shape index (κ1) is 27.5. The number of sulfonamides is 1. The fourth-order valence-electron chi connectivity index (χ4n) is 4.39. The zero-order chi connectivity index (χ0) is 27.3. The van der Waals surface area contributed by atoms with Gasteiger partial charge in [-0.25, -0.2) is 8.42 Å². The first-order valence-corrected chi connectivity index (χ1v) is 14.0. The van der Waals surface area contributed by atoms with Crippen LogP contribution in [0.25, 0.3) is 12.2 Å². The third-order valence-electron chi connectivity index (χ3n) is 6.69. The van der Waals surface area contributed by atoms with Gasteiger partial charge in [-0.15, -0.1) is 0 Å². The zero-order valence-electron chi connectivity index (χ0n) is 21.8. The van der Waals surface area contributed by atoms with Crippen LogP contribution in [0.3, 0.4) is 0 Å². The molecule has 1 amide bonds. The molecule has 9 heteroatoms. The van der Waals surface area contributed by atoms with E-state index in [2.05, 4.69) is 4.98 Å². The Morgan fingerprint density at radius 2 is 1.82 bits per heavy atom. The maximum Gasteiger partial charge on any atom is 0.253 e. The number of aromatic nitrogens is 1. The van der Waals surface area contributed by atoms with Crippen LogP contribution < -0.4 is 4.74 Å². The number of ether oxygens (including phenoxy) is 1. The molecule has 2 heterocycles. The van der Waals surface area contributed by atoms with Crippen molar-refractivity contribution in [1.82, 2.24) is 14.2 Å². The summed E-state index contributed by atoms with van der Waals surface area (Å²) in [7, 11) is -2.25. The van der Waals surface area contributed by atoms with Crippen molar-refractivity contribution < 1.29 is 23.1 Å². The third-order valence-corrected chi connectivity index (χ3v) is 8.71. The maximum absolute atomic E-state index is 13.7. The minimum atomic E-state index is -3.95. The summed E-state index contributed by atoms with van der Waals surface area (Å²) in [6.45, 7) is 3.64. The summed E-state index contributed by atoms with van der Waals surface area (Å²) in [5.74, 6) is -0.238. The number of benzene rings is 2. The predicted molar refractivity (Wildman–Crippen MR) is 147 cm³/mol. The number of carbonyl (C=O) groups excluding carboxylic acids is 1. The molecule has 4 rings (SSSR count). The van der Waals surface area contributed by atoms with E-state index < -0.39 is 22.2 Å². The number of carbonyl (C=O) groups is 1. The molecule has 1 N–H and O–H groups in total. The van der Waals surface area contributed by atoms with Crippen LogP contribution in [0.4, 0.5) is 0 Å². The number of pyridine rings is 1. The number of likely N-dealkylation sites (N-methyl/N-ethyl adjacent to an activating group) is 1. The lowest BCUT2D eigenvalue weighted by molar-refractivity contribution is 0.0563. The molecule has 1 aliphatic heterocycles. The topological polar surface area (TPSA) is 100 Å². The van der Waals surface area contributed by atoms with Gasteiger partial charge in [0, 0.05) is 43.5 Å². The highest BCUT2D eigenvalue weighted by molar-refractivity contribution is 7.89. The van der Waals surface area contributed by atoms with Crippen LogP contribution in [-0.2, 0) is 10.0 Å². The molecule has 0 saturated heterocycles. The van der Waals surface area contributed by atoms with Gasteiger partial charge in [-0.3, -0.25) is 9.78 Å². The van der Waals surface area contributed by atoms with E-state index in [-0.39, 0.29) is 42.2 Å². The van der Waals surface area contributed by atoms with Crippen LogP contribution >= 0.6 is 0 Å². The number of rotatable bonds is 7. The van der Waals surface area contributed by atoms with E-state index in [1.807, 2.05) is 49.4 Å². The lowest BCUT2D eigenvalue weighted by Crippen LogP contribution is -2.50. The minimum absolute atomic E-state index is 0.0367. The van der Waals surface area contributed by atoms with E-state index in [4.69, 9.17) is 4.74 Å². The first-order valence-electron chi connectivity index (χ1n) is 12.5. The van der Waals surface area contributed by atoms with E-state index >= 15 is 0 Å². The van der Waals surface area contributed by atoms with E-state index in [9.17, 15) is 18.3 Å². The van der Waals surface area contributed by atoms with Crippen LogP contribution in [0.15, 0.2) is 78.0 Å². The molecule has 0 unspecified atom stereocenters. The lowest BCUT2D eigenvalue weighted by atomic mass is 10.0.